The van der Waals surface area contributed by atoms with E-state index in [4.69, 9.17) is 0 Å². The molecule has 1 saturated heterocycles. The smallest absolute Gasteiger partial charge is 0.154 e. The summed E-state index contributed by atoms with van der Waals surface area (Å²) < 4.78 is 24.2. The fraction of sp³-hybridized carbons (Fsp3) is 0.538. The highest BCUT2D eigenvalue weighted by atomic mass is 32.2. The zero-order chi connectivity index (χ0) is 12.5. The van der Waals surface area contributed by atoms with E-state index in [-0.39, 0.29) is 23.1 Å². The molecule has 0 bridgehead atoms. The molecular formula is C13H19NO2S. The standard InChI is InChI=1S/C13H19NO2S/c1-10-8-9-17(15,16)11(2)13(14-10)12-6-4-3-5-7-12/h3-7,10-11,13-14H,8-9H2,1-2H3. The van der Waals surface area contributed by atoms with Gasteiger partial charge in [-0.2, -0.15) is 0 Å². The Labute approximate surface area is 103 Å². The highest BCUT2D eigenvalue weighted by Gasteiger charge is 2.34. The molecule has 0 saturated carbocycles. The Morgan fingerprint density at radius 3 is 2.47 bits per heavy atom. The Morgan fingerprint density at radius 1 is 1.18 bits per heavy atom. The van der Waals surface area contributed by atoms with Gasteiger partial charge >= 0.3 is 0 Å². The van der Waals surface area contributed by atoms with Crippen LogP contribution in [0.4, 0.5) is 0 Å². The third kappa shape index (κ3) is 2.69. The van der Waals surface area contributed by atoms with Crippen molar-refractivity contribution in [3.63, 3.8) is 0 Å². The van der Waals surface area contributed by atoms with Crippen molar-refractivity contribution in [3.05, 3.63) is 35.9 Å². The number of sulfone groups is 1. The van der Waals surface area contributed by atoms with Crippen LogP contribution in [0.3, 0.4) is 0 Å². The lowest BCUT2D eigenvalue weighted by Crippen LogP contribution is -2.36. The highest BCUT2D eigenvalue weighted by molar-refractivity contribution is 7.92. The van der Waals surface area contributed by atoms with Crippen molar-refractivity contribution < 1.29 is 8.42 Å². The lowest BCUT2D eigenvalue weighted by atomic mass is 10.0. The lowest BCUT2D eigenvalue weighted by molar-refractivity contribution is 0.452. The number of hydrogen-bond donors (Lipinski definition) is 1. The Bertz CT molecular complexity index is 469. The second-order valence-electron chi connectivity index (χ2n) is 4.82. The average molecular weight is 253 g/mol. The second-order valence-corrected chi connectivity index (χ2v) is 7.29. The van der Waals surface area contributed by atoms with Gasteiger partial charge < -0.3 is 5.32 Å². The first-order valence-corrected chi connectivity index (χ1v) is 7.75. The average Bonchev–Trinajstić information content (AvgIpc) is 2.42. The van der Waals surface area contributed by atoms with Crippen molar-refractivity contribution in [2.45, 2.75) is 37.6 Å². The summed E-state index contributed by atoms with van der Waals surface area (Å²) in [5.74, 6) is 0.283. The second kappa shape index (κ2) is 4.78. The zero-order valence-electron chi connectivity index (χ0n) is 10.3. The first-order chi connectivity index (χ1) is 8.00. The Hall–Kier alpha value is -0.870. The quantitative estimate of drug-likeness (QED) is 0.831. The summed E-state index contributed by atoms with van der Waals surface area (Å²) in [6, 6.07) is 9.96. The summed E-state index contributed by atoms with van der Waals surface area (Å²) in [5, 5.41) is 3.06. The number of rotatable bonds is 1. The predicted octanol–water partition coefficient (Wildman–Crippen LogP) is 1.91. The molecule has 1 heterocycles. The number of nitrogens with one attached hydrogen (secondary N) is 1. The van der Waals surface area contributed by atoms with Crippen molar-refractivity contribution in [2.75, 3.05) is 5.75 Å². The summed E-state index contributed by atoms with van der Waals surface area (Å²) in [7, 11) is -2.99. The van der Waals surface area contributed by atoms with Gasteiger partial charge in [-0.25, -0.2) is 8.42 Å². The van der Waals surface area contributed by atoms with Gasteiger partial charge in [0.15, 0.2) is 9.84 Å². The normalized spacial score (nSPS) is 32.9. The molecule has 4 heteroatoms. The Balaban J connectivity index is 2.37. The molecule has 1 aliphatic heterocycles. The zero-order valence-corrected chi connectivity index (χ0v) is 11.1. The molecule has 1 aliphatic rings. The number of benzene rings is 1. The molecule has 0 spiro atoms. The first-order valence-electron chi connectivity index (χ1n) is 6.03. The van der Waals surface area contributed by atoms with E-state index >= 15 is 0 Å². The highest BCUT2D eigenvalue weighted by Crippen LogP contribution is 2.26. The van der Waals surface area contributed by atoms with E-state index in [0.717, 1.165) is 5.56 Å². The van der Waals surface area contributed by atoms with Gasteiger partial charge in [0.25, 0.3) is 0 Å². The van der Waals surface area contributed by atoms with Crippen LogP contribution in [0.1, 0.15) is 31.9 Å². The lowest BCUT2D eigenvalue weighted by Gasteiger charge is -2.24. The molecule has 2 rings (SSSR count). The van der Waals surface area contributed by atoms with Crippen molar-refractivity contribution in [3.8, 4) is 0 Å². The number of hydrogen-bond acceptors (Lipinski definition) is 3. The molecule has 1 aromatic rings. The van der Waals surface area contributed by atoms with Crippen LogP contribution in [0.15, 0.2) is 30.3 Å². The van der Waals surface area contributed by atoms with E-state index in [0.29, 0.717) is 6.42 Å². The van der Waals surface area contributed by atoms with Crippen LogP contribution in [0.25, 0.3) is 0 Å². The van der Waals surface area contributed by atoms with Crippen LogP contribution < -0.4 is 5.32 Å². The third-order valence-electron chi connectivity index (χ3n) is 3.49. The van der Waals surface area contributed by atoms with Crippen molar-refractivity contribution >= 4 is 9.84 Å². The van der Waals surface area contributed by atoms with E-state index < -0.39 is 9.84 Å². The van der Waals surface area contributed by atoms with E-state index in [1.54, 1.807) is 6.92 Å². The van der Waals surface area contributed by atoms with Gasteiger partial charge in [-0.15, -0.1) is 0 Å². The molecule has 0 radical (unpaired) electrons. The summed E-state index contributed by atoms with van der Waals surface area (Å²) in [4.78, 5) is 0. The maximum Gasteiger partial charge on any atom is 0.154 e. The monoisotopic (exact) mass is 253 g/mol. The third-order valence-corrected chi connectivity index (χ3v) is 5.70. The summed E-state index contributed by atoms with van der Waals surface area (Å²) in [5.41, 5.74) is 1.05. The molecule has 0 aliphatic carbocycles. The molecule has 3 nitrogen and oxygen atoms in total. The van der Waals surface area contributed by atoms with Crippen LogP contribution in [0, 0.1) is 0 Å². The molecule has 3 unspecified atom stereocenters. The van der Waals surface area contributed by atoms with E-state index in [9.17, 15) is 8.42 Å². The van der Waals surface area contributed by atoms with E-state index in [1.807, 2.05) is 37.3 Å². The van der Waals surface area contributed by atoms with Crippen LogP contribution >= 0.6 is 0 Å². The molecule has 0 aromatic heterocycles. The van der Waals surface area contributed by atoms with Gasteiger partial charge in [-0.05, 0) is 25.8 Å². The molecule has 94 valence electrons. The summed E-state index contributed by atoms with van der Waals surface area (Å²) >= 11 is 0. The molecule has 1 fully saturated rings. The topological polar surface area (TPSA) is 46.2 Å². The fourth-order valence-corrected chi connectivity index (χ4v) is 3.99. The van der Waals surface area contributed by atoms with Crippen molar-refractivity contribution in [2.24, 2.45) is 0 Å². The van der Waals surface area contributed by atoms with Gasteiger partial charge in [-0.3, -0.25) is 0 Å². The largest absolute Gasteiger partial charge is 0.306 e. The van der Waals surface area contributed by atoms with Gasteiger partial charge in [0, 0.05) is 12.1 Å². The minimum atomic E-state index is -2.99. The molecule has 3 atom stereocenters. The SMILES string of the molecule is CC1CCS(=O)(=O)C(C)C(c2ccccc2)N1. The van der Waals surface area contributed by atoms with Crippen LogP contribution in [0.5, 0.6) is 0 Å². The molecule has 1 aromatic carbocycles. The first kappa shape index (κ1) is 12.6. The molecule has 1 N–H and O–H groups in total. The fourth-order valence-electron chi connectivity index (χ4n) is 2.29. The van der Waals surface area contributed by atoms with Crippen LogP contribution in [-0.4, -0.2) is 25.5 Å². The van der Waals surface area contributed by atoms with Crippen LogP contribution in [0.2, 0.25) is 0 Å². The van der Waals surface area contributed by atoms with Crippen LogP contribution in [-0.2, 0) is 9.84 Å². The minimum Gasteiger partial charge on any atom is -0.306 e. The molecule has 0 amide bonds. The molecule has 17 heavy (non-hydrogen) atoms. The van der Waals surface area contributed by atoms with Gasteiger partial charge in [0.05, 0.1) is 11.0 Å². The van der Waals surface area contributed by atoms with Gasteiger partial charge in [0.1, 0.15) is 0 Å². The Morgan fingerprint density at radius 2 is 1.82 bits per heavy atom. The van der Waals surface area contributed by atoms with Crippen molar-refractivity contribution in [1.29, 1.82) is 0 Å². The van der Waals surface area contributed by atoms with Gasteiger partial charge in [0.2, 0.25) is 0 Å². The van der Waals surface area contributed by atoms with E-state index in [1.165, 1.54) is 0 Å². The van der Waals surface area contributed by atoms with Crippen molar-refractivity contribution in [1.82, 2.24) is 5.32 Å². The summed E-state index contributed by atoms with van der Waals surface area (Å²) in [6.07, 6.45) is 0.690. The maximum absolute atomic E-state index is 12.1. The maximum atomic E-state index is 12.1. The predicted molar refractivity (Wildman–Crippen MR) is 69.6 cm³/mol. The van der Waals surface area contributed by atoms with Gasteiger partial charge in [-0.1, -0.05) is 30.3 Å². The Kier molecular flexibility index (Phi) is 3.54. The minimum absolute atomic E-state index is 0.0984. The molecular weight excluding hydrogens is 234 g/mol. The van der Waals surface area contributed by atoms with E-state index in [2.05, 4.69) is 5.32 Å². The summed E-state index contributed by atoms with van der Waals surface area (Å²) in [6.45, 7) is 3.85.